The van der Waals surface area contributed by atoms with E-state index in [1.54, 1.807) is 19.9 Å². The summed E-state index contributed by atoms with van der Waals surface area (Å²) in [6.45, 7) is 3.63. The number of rotatable bonds is 8. The van der Waals surface area contributed by atoms with Gasteiger partial charge in [-0.1, -0.05) is 12.1 Å². The van der Waals surface area contributed by atoms with E-state index >= 15 is 0 Å². The second-order valence-electron chi connectivity index (χ2n) is 3.48. The number of nitro groups is 1. The third-order valence-electron chi connectivity index (χ3n) is 2.09. The molecule has 0 spiro atoms. The van der Waals surface area contributed by atoms with E-state index in [-0.39, 0.29) is 25.5 Å². The fourth-order valence-corrected chi connectivity index (χ4v) is 2.50. The number of hydrogen-bond donors (Lipinski definition) is 0. The average Bonchev–Trinajstić information content (AvgIpc) is 2.37. The maximum atomic E-state index is 12.0. The maximum absolute atomic E-state index is 12.0. The zero-order valence-electron chi connectivity index (χ0n) is 10.8. The highest BCUT2D eigenvalue weighted by Crippen LogP contribution is 2.49. The van der Waals surface area contributed by atoms with E-state index in [1.807, 2.05) is 0 Å². The molecular weight excluding hydrogens is 276 g/mol. The van der Waals surface area contributed by atoms with Crippen LogP contribution in [0.2, 0.25) is 0 Å². The predicted octanol–water partition coefficient (Wildman–Crippen LogP) is 3.29. The lowest BCUT2D eigenvalue weighted by molar-refractivity contribution is -0.384. The van der Waals surface area contributed by atoms with Gasteiger partial charge in [0.05, 0.1) is 24.7 Å². The summed E-state index contributed by atoms with van der Waals surface area (Å²) in [7, 11) is -3.59. The van der Waals surface area contributed by atoms with Crippen molar-refractivity contribution in [2.75, 3.05) is 13.2 Å². The molecule has 0 aliphatic carbocycles. The first-order valence-corrected chi connectivity index (χ1v) is 7.23. The molecule has 0 unspecified atom stereocenters. The summed E-state index contributed by atoms with van der Waals surface area (Å²) in [5.41, 5.74) is 0.470. The number of phosphoric ester groups is 1. The van der Waals surface area contributed by atoms with Crippen LogP contribution >= 0.6 is 7.82 Å². The summed E-state index contributed by atoms with van der Waals surface area (Å²) in [6.07, 6.45) is 0. The minimum absolute atomic E-state index is 0.0521. The summed E-state index contributed by atoms with van der Waals surface area (Å²) in [5.74, 6) is 0. The molecule has 0 fully saturated rings. The molecule has 7 nitrogen and oxygen atoms in total. The molecule has 1 aromatic rings. The minimum Gasteiger partial charge on any atom is -0.287 e. The zero-order valence-corrected chi connectivity index (χ0v) is 11.7. The normalized spacial score (nSPS) is 11.5. The van der Waals surface area contributed by atoms with Crippen molar-refractivity contribution in [2.24, 2.45) is 0 Å². The molecule has 0 amide bonds. The van der Waals surface area contributed by atoms with Crippen molar-refractivity contribution < 1.29 is 23.1 Å². The van der Waals surface area contributed by atoms with Crippen LogP contribution in [0.5, 0.6) is 0 Å². The Morgan fingerprint density at radius 2 is 1.95 bits per heavy atom. The Morgan fingerprint density at radius 1 is 1.32 bits per heavy atom. The summed E-state index contributed by atoms with van der Waals surface area (Å²) < 4.78 is 27.0. The molecule has 0 N–H and O–H groups in total. The van der Waals surface area contributed by atoms with Crippen LogP contribution in [0.3, 0.4) is 0 Å². The van der Waals surface area contributed by atoms with Gasteiger partial charge >= 0.3 is 7.82 Å². The molecule has 0 aliphatic rings. The van der Waals surface area contributed by atoms with Crippen LogP contribution in [0.25, 0.3) is 0 Å². The number of hydrogen-bond acceptors (Lipinski definition) is 6. The summed E-state index contributed by atoms with van der Waals surface area (Å²) in [5, 5.41) is 10.6. The van der Waals surface area contributed by atoms with Gasteiger partial charge in [-0.3, -0.25) is 23.7 Å². The molecule has 0 heterocycles. The van der Waals surface area contributed by atoms with Crippen LogP contribution in [-0.2, 0) is 24.7 Å². The third kappa shape index (κ3) is 5.08. The molecule has 0 aliphatic heterocycles. The van der Waals surface area contributed by atoms with Gasteiger partial charge in [0.25, 0.3) is 5.69 Å². The van der Waals surface area contributed by atoms with E-state index in [0.717, 1.165) is 0 Å². The van der Waals surface area contributed by atoms with E-state index in [9.17, 15) is 14.7 Å². The zero-order chi connectivity index (χ0) is 14.3. The van der Waals surface area contributed by atoms with Gasteiger partial charge in [-0.2, -0.15) is 0 Å². The van der Waals surface area contributed by atoms with Crippen LogP contribution < -0.4 is 0 Å². The first kappa shape index (κ1) is 15.8. The Bertz CT molecular complexity index is 468. The van der Waals surface area contributed by atoms with E-state index < -0.39 is 12.7 Å². The largest absolute Gasteiger partial charge is 0.475 e. The van der Waals surface area contributed by atoms with Gasteiger partial charge in [0.15, 0.2) is 0 Å². The lowest BCUT2D eigenvalue weighted by Crippen LogP contribution is -2.01. The van der Waals surface area contributed by atoms with Crippen LogP contribution in [-0.4, -0.2) is 18.1 Å². The standard InChI is InChI=1S/C11H16NO6P/c1-3-16-19(15,17-4-2)18-9-10-6-5-7-11(8-10)12(13)14/h5-8H,3-4,9H2,1-2H3/i12+1,18+2. The van der Waals surface area contributed by atoms with Crippen LogP contribution in [0.1, 0.15) is 19.4 Å². The van der Waals surface area contributed by atoms with Crippen molar-refractivity contribution in [3.63, 3.8) is 0 Å². The monoisotopic (exact) mass is 292 g/mol. The average molecular weight is 292 g/mol. The lowest BCUT2D eigenvalue weighted by Gasteiger charge is -2.16. The van der Waals surface area contributed by atoms with Gasteiger partial charge < -0.3 is 0 Å². The molecule has 0 bridgehead atoms. The predicted molar refractivity (Wildman–Crippen MR) is 68.7 cm³/mol. The highest BCUT2D eigenvalue weighted by molar-refractivity contribution is 7.48. The van der Waals surface area contributed by atoms with Crippen molar-refractivity contribution in [1.29, 1.82) is 0 Å². The van der Waals surface area contributed by atoms with E-state index in [0.29, 0.717) is 5.56 Å². The molecule has 0 aromatic heterocycles. The molecule has 0 saturated carbocycles. The Morgan fingerprint density at radius 3 is 2.47 bits per heavy atom. The van der Waals surface area contributed by atoms with Gasteiger partial charge in [-0.05, 0) is 19.4 Å². The number of benzene rings is 1. The Balaban J connectivity index is 2.71. The molecule has 106 valence electrons. The molecule has 0 atom stereocenters. The molecule has 0 saturated heterocycles. The second-order valence-corrected chi connectivity index (χ2v) is 5.15. The second kappa shape index (κ2) is 7.35. The van der Waals surface area contributed by atoms with Gasteiger partial charge in [0.1, 0.15) is 0 Å². The smallest absolute Gasteiger partial charge is 0.287 e. The fourth-order valence-electron chi connectivity index (χ4n) is 1.34. The quantitative estimate of drug-likeness (QED) is 0.240. The van der Waals surface area contributed by atoms with Crippen LogP contribution in [0.4, 0.5) is 5.69 Å². The van der Waals surface area contributed by atoms with Gasteiger partial charge in [0, 0.05) is 12.1 Å². The number of nitro benzene ring substituents is 1. The molecular formula is C11H16NO6P. The Labute approximate surface area is 111 Å². The summed E-state index contributed by atoms with van der Waals surface area (Å²) >= 11 is 0. The number of phosphoric acid groups is 1. The van der Waals surface area contributed by atoms with Crippen LogP contribution in [0, 0.1) is 10.1 Å². The van der Waals surface area contributed by atoms with E-state index in [4.69, 9.17) is 13.6 Å². The van der Waals surface area contributed by atoms with Crippen molar-refractivity contribution in [2.45, 2.75) is 20.5 Å². The SMILES string of the molecule is CCOP(=O)(OCC)[18O]Cc1cccc([15N+](=O)[O-])c1. The number of non-ortho nitro benzene ring substituents is 1. The van der Waals surface area contributed by atoms with Crippen molar-refractivity contribution >= 4 is 13.5 Å². The summed E-state index contributed by atoms with van der Waals surface area (Å²) in [6, 6.07) is 5.88. The summed E-state index contributed by atoms with van der Waals surface area (Å²) in [4.78, 5) is 10.1. The lowest BCUT2D eigenvalue weighted by atomic mass is 10.2. The minimum atomic E-state index is -3.59. The highest BCUT2D eigenvalue weighted by Gasteiger charge is 2.25. The van der Waals surface area contributed by atoms with Crippen molar-refractivity contribution in [3.05, 3.63) is 39.9 Å². The topological polar surface area (TPSA) is 87.9 Å². The first-order valence-electron chi connectivity index (χ1n) is 5.77. The highest BCUT2D eigenvalue weighted by atomic mass is 31.2. The van der Waals surface area contributed by atoms with Gasteiger partial charge in [0.2, 0.25) is 0 Å². The van der Waals surface area contributed by atoms with Crippen LogP contribution in [0.15, 0.2) is 24.3 Å². The fraction of sp³-hybridized carbons (Fsp3) is 0.455. The molecule has 19 heavy (non-hydrogen) atoms. The van der Waals surface area contributed by atoms with Gasteiger partial charge in [-0.25, -0.2) is 4.57 Å². The molecule has 1 aromatic carbocycles. The van der Waals surface area contributed by atoms with Crippen molar-refractivity contribution in [3.8, 4) is 0 Å². The molecule has 0 radical (unpaired) electrons. The Kier molecular flexibility index (Phi) is 6.11. The van der Waals surface area contributed by atoms with E-state index in [1.165, 1.54) is 18.2 Å². The first-order chi connectivity index (χ1) is 9.00. The van der Waals surface area contributed by atoms with Gasteiger partial charge in [-0.15, -0.1) is 0 Å². The Hall–Kier alpha value is -1.27. The third-order valence-corrected chi connectivity index (χ3v) is 3.68. The van der Waals surface area contributed by atoms with E-state index in [2.05, 4.69) is 0 Å². The number of nitrogens with zero attached hydrogens (tertiary/aromatic N) is 1. The maximum Gasteiger partial charge on any atom is 0.475 e. The molecule has 8 heteroatoms. The van der Waals surface area contributed by atoms with Crippen molar-refractivity contribution in [1.82, 2.24) is 0 Å². The molecule has 1 rings (SSSR count).